The minimum atomic E-state index is -0.348. The summed E-state index contributed by atoms with van der Waals surface area (Å²) in [5.41, 5.74) is 2.37. The number of ether oxygens (including phenoxy) is 1. The maximum atomic E-state index is 11.7. The van der Waals surface area contributed by atoms with Gasteiger partial charge in [-0.25, -0.2) is 4.79 Å². The van der Waals surface area contributed by atoms with Crippen LogP contribution in [0, 0.1) is 0 Å². The van der Waals surface area contributed by atoms with Crippen molar-refractivity contribution >= 4 is 34.6 Å². The van der Waals surface area contributed by atoms with E-state index >= 15 is 0 Å². The van der Waals surface area contributed by atoms with Gasteiger partial charge in [-0.1, -0.05) is 23.7 Å². The zero-order valence-electron chi connectivity index (χ0n) is 10.6. The predicted molar refractivity (Wildman–Crippen MR) is 79.1 cm³/mol. The van der Waals surface area contributed by atoms with Crippen LogP contribution in [0.1, 0.15) is 28.9 Å². The van der Waals surface area contributed by atoms with Crippen LogP contribution in [0.5, 0.6) is 0 Å². The van der Waals surface area contributed by atoms with Gasteiger partial charge in [0.25, 0.3) is 0 Å². The van der Waals surface area contributed by atoms with Crippen LogP contribution in [0.3, 0.4) is 0 Å². The highest BCUT2D eigenvalue weighted by Gasteiger charge is 2.14. The Morgan fingerprint density at radius 1 is 1.42 bits per heavy atom. The van der Waals surface area contributed by atoms with E-state index in [4.69, 9.17) is 16.3 Å². The Kier molecular flexibility index (Phi) is 4.45. The summed E-state index contributed by atoms with van der Waals surface area (Å²) >= 11 is 7.42. The van der Waals surface area contributed by atoms with Crippen molar-refractivity contribution in [3.05, 3.63) is 51.2 Å². The fourth-order valence-corrected chi connectivity index (χ4v) is 2.75. The third-order valence-electron chi connectivity index (χ3n) is 2.79. The first-order valence-electron chi connectivity index (χ1n) is 5.79. The lowest BCUT2D eigenvalue weighted by Crippen LogP contribution is -2.11. The molecule has 0 spiro atoms. The number of thiophene rings is 1. The number of benzene rings is 1. The van der Waals surface area contributed by atoms with E-state index < -0.39 is 0 Å². The number of hydrogen-bond acceptors (Lipinski definition) is 4. The van der Waals surface area contributed by atoms with Crippen LogP contribution >= 0.6 is 22.9 Å². The molecule has 1 aromatic heterocycles. The summed E-state index contributed by atoms with van der Waals surface area (Å²) in [6, 6.07) is 9.27. The zero-order valence-corrected chi connectivity index (χ0v) is 12.2. The summed E-state index contributed by atoms with van der Waals surface area (Å²) in [5.74, 6) is -0.348. The molecule has 19 heavy (non-hydrogen) atoms. The van der Waals surface area contributed by atoms with Crippen molar-refractivity contribution < 1.29 is 9.53 Å². The van der Waals surface area contributed by atoms with Gasteiger partial charge in [0.15, 0.2) is 0 Å². The largest absolute Gasteiger partial charge is 0.465 e. The fourth-order valence-electron chi connectivity index (χ4n) is 1.76. The molecule has 0 saturated carbocycles. The van der Waals surface area contributed by atoms with Crippen LogP contribution in [-0.4, -0.2) is 13.1 Å². The smallest absolute Gasteiger partial charge is 0.339 e. The quantitative estimate of drug-likeness (QED) is 0.852. The molecule has 0 bridgehead atoms. The first-order valence-corrected chi connectivity index (χ1v) is 7.05. The molecule has 1 N–H and O–H groups in total. The second-order valence-electron chi connectivity index (χ2n) is 4.09. The maximum Gasteiger partial charge on any atom is 0.339 e. The molecule has 0 fully saturated rings. The van der Waals surface area contributed by atoms with E-state index in [1.165, 1.54) is 18.4 Å². The van der Waals surface area contributed by atoms with Gasteiger partial charge in [-0.2, -0.15) is 0 Å². The third-order valence-corrected chi connectivity index (χ3v) is 3.90. The van der Waals surface area contributed by atoms with Crippen molar-refractivity contribution in [2.75, 3.05) is 12.4 Å². The number of hydrogen-bond donors (Lipinski definition) is 1. The summed E-state index contributed by atoms with van der Waals surface area (Å²) in [7, 11) is 1.38. The van der Waals surface area contributed by atoms with Crippen LogP contribution < -0.4 is 5.32 Å². The van der Waals surface area contributed by atoms with Gasteiger partial charge in [-0.15, -0.1) is 11.3 Å². The molecule has 1 aromatic carbocycles. The number of methoxy groups -OCH3 is 1. The van der Waals surface area contributed by atoms with Gasteiger partial charge in [0.05, 0.1) is 17.0 Å². The summed E-state index contributed by atoms with van der Waals surface area (Å²) in [6.07, 6.45) is 0. The highest BCUT2D eigenvalue weighted by Crippen LogP contribution is 2.28. The van der Waals surface area contributed by atoms with E-state index in [1.807, 2.05) is 36.6 Å². The zero-order chi connectivity index (χ0) is 13.8. The average Bonchev–Trinajstić information content (AvgIpc) is 2.85. The number of anilines is 1. The molecule has 1 heterocycles. The molecule has 1 unspecified atom stereocenters. The first kappa shape index (κ1) is 13.9. The predicted octanol–water partition coefficient (Wildman–Crippen LogP) is 4.36. The Balaban J connectivity index is 2.21. The molecular formula is C14H14ClNO2S. The van der Waals surface area contributed by atoms with Crippen molar-refractivity contribution in [1.82, 2.24) is 0 Å². The number of carbonyl (C=O) groups is 1. The lowest BCUT2D eigenvalue weighted by molar-refractivity contribution is 0.0602. The highest BCUT2D eigenvalue weighted by atomic mass is 35.5. The highest BCUT2D eigenvalue weighted by molar-refractivity contribution is 7.14. The Morgan fingerprint density at radius 2 is 2.16 bits per heavy atom. The molecule has 0 saturated heterocycles. The minimum Gasteiger partial charge on any atom is -0.465 e. The molecular weight excluding hydrogens is 282 g/mol. The molecule has 0 aliphatic heterocycles. The van der Waals surface area contributed by atoms with Crippen LogP contribution in [0.15, 0.2) is 35.7 Å². The van der Waals surface area contributed by atoms with E-state index in [-0.39, 0.29) is 12.0 Å². The number of esters is 1. The van der Waals surface area contributed by atoms with Crippen LogP contribution in [0.2, 0.25) is 4.34 Å². The molecule has 100 valence electrons. The van der Waals surface area contributed by atoms with E-state index in [1.54, 1.807) is 6.07 Å². The Labute approximate surface area is 121 Å². The molecule has 3 nitrogen and oxygen atoms in total. The van der Waals surface area contributed by atoms with Crippen LogP contribution in [-0.2, 0) is 4.74 Å². The van der Waals surface area contributed by atoms with E-state index in [0.29, 0.717) is 5.56 Å². The summed E-state index contributed by atoms with van der Waals surface area (Å²) in [4.78, 5) is 11.7. The summed E-state index contributed by atoms with van der Waals surface area (Å²) in [6.45, 7) is 2.02. The monoisotopic (exact) mass is 295 g/mol. The molecule has 0 aliphatic rings. The topological polar surface area (TPSA) is 38.3 Å². The standard InChI is InChI=1S/C14H14ClNO2S/c1-9(10-7-13(15)19-8-10)16-12-6-4-3-5-11(12)14(17)18-2/h3-9,16H,1-2H3. The van der Waals surface area contributed by atoms with Gasteiger partial charge < -0.3 is 10.1 Å². The van der Waals surface area contributed by atoms with E-state index in [9.17, 15) is 4.79 Å². The molecule has 2 rings (SSSR count). The number of para-hydroxylation sites is 1. The van der Waals surface area contributed by atoms with Gasteiger partial charge in [-0.3, -0.25) is 0 Å². The minimum absolute atomic E-state index is 0.0644. The normalized spacial score (nSPS) is 11.9. The third kappa shape index (κ3) is 3.28. The van der Waals surface area contributed by atoms with Gasteiger partial charge in [0, 0.05) is 11.7 Å². The lowest BCUT2D eigenvalue weighted by Gasteiger charge is -2.16. The van der Waals surface area contributed by atoms with Crippen molar-refractivity contribution in [2.24, 2.45) is 0 Å². The Bertz CT molecular complexity index is 582. The summed E-state index contributed by atoms with van der Waals surface area (Å²) in [5, 5.41) is 5.30. The maximum absolute atomic E-state index is 11.7. The van der Waals surface area contributed by atoms with Gasteiger partial charge in [-0.05, 0) is 36.1 Å². The second kappa shape index (κ2) is 6.08. The van der Waals surface area contributed by atoms with Crippen molar-refractivity contribution in [3.8, 4) is 0 Å². The van der Waals surface area contributed by atoms with E-state index in [0.717, 1.165) is 15.6 Å². The van der Waals surface area contributed by atoms with Gasteiger partial charge in [0.1, 0.15) is 0 Å². The molecule has 2 aromatic rings. The van der Waals surface area contributed by atoms with E-state index in [2.05, 4.69) is 5.32 Å². The number of rotatable bonds is 4. The molecule has 0 aliphatic carbocycles. The lowest BCUT2D eigenvalue weighted by atomic mass is 10.1. The molecule has 0 radical (unpaired) electrons. The Hall–Kier alpha value is -1.52. The summed E-state index contributed by atoms with van der Waals surface area (Å²) < 4.78 is 5.52. The second-order valence-corrected chi connectivity index (χ2v) is 5.63. The number of halogens is 1. The Morgan fingerprint density at radius 3 is 2.79 bits per heavy atom. The molecule has 5 heteroatoms. The van der Waals surface area contributed by atoms with Crippen LogP contribution in [0.4, 0.5) is 5.69 Å². The molecule has 1 atom stereocenters. The van der Waals surface area contributed by atoms with Gasteiger partial charge in [0.2, 0.25) is 0 Å². The van der Waals surface area contributed by atoms with Crippen molar-refractivity contribution in [2.45, 2.75) is 13.0 Å². The van der Waals surface area contributed by atoms with Crippen molar-refractivity contribution in [3.63, 3.8) is 0 Å². The first-order chi connectivity index (χ1) is 9.11. The number of nitrogens with one attached hydrogen (secondary N) is 1. The molecule has 0 amide bonds. The van der Waals surface area contributed by atoms with Gasteiger partial charge >= 0.3 is 5.97 Å². The average molecular weight is 296 g/mol. The van der Waals surface area contributed by atoms with Crippen molar-refractivity contribution in [1.29, 1.82) is 0 Å². The van der Waals surface area contributed by atoms with Crippen LogP contribution in [0.25, 0.3) is 0 Å². The fraction of sp³-hybridized carbons (Fsp3) is 0.214. The number of carbonyl (C=O) groups excluding carboxylic acids is 1. The SMILES string of the molecule is COC(=O)c1ccccc1NC(C)c1csc(Cl)c1.